The number of amides is 2. The third-order valence-electron chi connectivity index (χ3n) is 6.18. The quantitative estimate of drug-likeness (QED) is 0.679. The Balaban J connectivity index is 1.14. The molecule has 1 saturated carbocycles. The molecule has 2 amide bonds. The first-order valence-corrected chi connectivity index (χ1v) is 11.3. The van der Waals surface area contributed by atoms with E-state index in [1.165, 1.54) is 37.1 Å². The molecule has 1 aromatic heterocycles. The van der Waals surface area contributed by atoms with Crippen LogP contribution in [0.5, 0.6) is 5.75 Å². The molecule has 1 aliphatic heterocycles. The van der Waals surface area contributed by atoms with Gasteiger partial charge in [-0.15, -0.1) is 0 Å². The molecule has 8 heteroatoms. The summed E-state index contributed by atoms with van der Waals surface area (Å²) in [6.07, 6.45) is 4.43. The van der Waals surface area contributed by atoms with Gasteiger partial charge in [-0.05, 0) is 49.2 Å². The molecule has 2 fully saturated rings. The number of halogens is 1. The molecule has 1 aliphatic carbocycles. The molecule has 0 bridgehead atoms. The highest BCUT2D eigenvalue weighted by atomic mass is 19.1. The predicted octanol–water partition coefficient (Wildman–Crippen LogP) is 3.06. The number of ether oxygens (including phenoxy) is 1. The lowest BCUT2D eigenvalue weighted by Crippen LogP contribution is -2.51. The molecule has 1 saturated heterocycles. The molecule has 172 valence electrons. The van der Waals surface area contributed by atoms with Gasteiger partial charge in [0.15, 0.2) is 5.76 Å². The van der Waals surface area contributed by atoms with Crippen molar-refractivity contribution < 1.29 is 23.1 Å². The monoisotopic (exact) mass is 443 g/mol. The molecule has 0 radical (unpaired) electrons. The second kappa shape index (κ2) is 10.6. The molecule has 1 N–H and O–H groups in total. The third kappa shape index (κ3) is 5.88. The normalized spacial score (nSPS) is 17.5. The van der Waals surface area contributed by atoms with Gasteiger partial charge in [-0.3, -0.25) is 14.5 Å². The van der Waals surface area contributed by atoms with Crippen molar-refractivity contribution in [2.75, 3.05) is 39.3 Å². The summed E-state index contributed by atoms with van der Waals surface area (Å²) in [7, 11) is 0. The molecule has 0 atom stereocenters. The Hall–Kier alpha value is -2.87. The number of furan rings is 1. The maximum Gasteiger partial charge on any atom is 0.287 e. The van der Waals surface area contributed by atoms with E-state index in [-0.39, 0.29) is 30.0 Å². The summed E-state index contributed by atoms with van der Waals surface area (Å²) in [5.41, 5.74) is 0. The highest BCUT2D eigenvalue weighted by Gasteiger charge is 2.29. The standard InChI is InChI=1S/C24H30FN3O4/c25-19-5-7-20(8-6-19)31-17-21-9-10-22(32-21)23(29)26-11-12-27-13-15-28(16-14-27)24(30)18-3-1-2-4-18/h5-10,18H,1-4,11-17H2,(H,26,29). The van der Waals surface area contributed by atoms with Crippen molar-refractivity contribution in [3.8, 4) is 5.75 Å². The number of rotatable bonds is 8. The van der Waals surface area contributed by atoms with Crippen LogP contribution in [0.3, 0.4) is 0 Å². The van der Waals surface area contributed by atoms with Crippen LogP contribution >= 0.6 is 0 Å². The van der Waals surface area contributed by atoms with E-state index >= 15 is 0 Å². The zero-order valence-electron chi connectivity index (χ0n) is 18.2. The molecule has 7 nitrogen and oxygen atoms in total. The number of hydrogen-bond donors (Lipinski definition) is 1. The summed E-state index contributed by atoms with van der Waals surface area (Å²) in [5, 5.41) is 2.88. The van der Waals surface area contributed by atoms with Crippen molar-refractivity contribution in [3.05, 3.63) is 53.7 Å². The Labute approximate surface area is 187 Å². The SMILES string of the molecule is O=C(NCCN1CCN(C(=O)C2CCCC2)CC1)c1ccc(COc2ccc(F)cc2)o1. The van der Waals surface area contributed by atoms with Gasteiger partial charge in [0, 0.05) is 45.2 Å². The highest BCUT2D eigenvalue weighted by molar-refractivity contribution is 5.91. The molecule has 2 heterocycles. The average molecular weight is 444 g/mol. The zero-order valence-corrected chi connectivity index (χ0v) is 18.2. The Kier molecular flexibility index (Phi) is 7.42. The van der Waals surface area contributed by atoms with Gasteiger partial charge in [0.2, 0.25) is 5.91 Å². The van der Waals surface area contributed by atoms with Crippen molar-refractivity contribution in [2.24, 2.45) is 5.92 Å². The molecule has 2 aromatic rings. The van der Waals surface area contributed by atoms with Gasteiger partial charge in [0.05, 0.1) is 0 Å². The summed E-state index contributed by atoms with van der Waals surface area (Å²) in [4.78, 5) is 29.1. The number of carbonyl (C=O) groups excluding carboxylic acids is 2. The first kappa shape index (κ1) is 22.3. The van der Waals surface area contributed by atoms with Crippen LogP contribution in [0.25, 0.3) is 0 Å². The van der Waals surface area contributed by atoms with Crippen LogP contribution in [0.1, 0.15) is 42.0 Å². The lowest BCUT2D eigenvalue weighted by Gasteiger charge is -2.36. The largest absolute Gasteiger partial charge is 0.486 e. The van der Waals surface area contributed by atoms with Crippen LogP contribution in [0.2, 0.25) is 0 Å². The summed E-state index contributed by atoms with van der Waals surface area (Å²) in [5.74, 6) is 1.24. The molecule has 2 aliphatic rings. The minimum Gasteiger partial charge on any atom is -0.486 e. The number of carbonyl (C=O) groups is 2. The number of nitrogens with zero attached hydrogens (tertiary/aromatic N) is 2. The topological polar surface area (TPSA) is 75.0 Å². The number of piperazine rings is 1. The van der Waals surface area contributed by atoms with Crippen molar-refractivity contribution >= 4 is 11.8 Å². The van der Waals surface area contributed by atoms with Gasteiger partial charge in [0.1, 0.15) is 23.9 Å². The fourth-order valence-corrected chi connectivity index (χ4v) is 4.30. The van der Waals surface area contributed by atoms with Crippen LogP contribution in [-0.4, -0.2) is 60.9 Å². The Morgan fingerprint density at radius 3 is 2.47 bits per heavy atom. The number of hydrogen-bond acceptors (Lipinski definition) is 5. The van der Waals surface area contributed by atoms with E-state index in [2.05, 4.69) is 10.2 Å². The summed E-state index contributed by atoms with van der Waals surface area (Å²) >= 11 is 0. The van der Waals surface area contributed by atoms with E-state index in [1.54, 1.807) is 12.1 Å². The number of benzene rings is 1. The molecular weight excluding hydrogens is 413 g/mol. The van der Waals surface area contributed by atoms with E-state index in [0.29, 0.717) is 24.0 Å². The fourth-order valence-electron chi connectivity index (χ4n) is 4.30. The van der Waals surface area contributed by atoms with Crippen molar-refractivity contribution in [1.82, 2.24) is 15.1 Å². The third-order valence-corrected chi connectivity index (χ3v) is 6.18. The lowest BCUT2D eigenvalue weighted by molar-refractivity contribution is -0.137. The predicted molar refractivity (Wildman–Crippen MR) is 117 cm³/mol. The fraction of sp³-hybridized carbons (Fsp3) is 0.500. The summed E-state index contributed by atoms with van der Waals surface area (Å²) < 4.78 is 24.0. The Bertz CT molecular complexity index is 900. The van der Waals surface area contributed by atoms with E-state index < -0.39 is 0 Å². The molecule has 4 rings (SSSR count). The zero-order chi connectivity index (χ0) is 22.3. The first-order valence-electron chi connectivity index (χ1n) is 11.3. The van der Waals surface area contributed by atoms with E-state index in [1.807, 2.05) is 4.90 Å². The van der Waals surface area contributed by atoms with Crippen LogP contribution in [0.4, 0.5) is 4.39 Å². The molecule has 32 heavy (non-hydrogen) atoms. The Morgan fingerprint density at radius 2 is 1.75 bits per heavy atom. The molecule has 0 spiro atoms. The van der Waals surface area contributed by atoms with Crippen LogP contribution in [0.15, 0.2) is 40.8 Å². The average Bonchev–Trinajstić information content (AvgIpc) is 3.51. The lowest BCUT2D eigenvalue weighted by atomic mass is 10.1. The highest BCUT2D eigenvalue weighted by Crippen LogP contribution is 2.26. The van der Waals surface area contributed by atoms with Crippen LogP contribution in [-0.2, 0) is 11.4 Å². The van der Waals surface area contributed by atoms with Gasteiger partial charge >= 0.3 is 0 Å². The summed E-state index contributed by atoms with van der Waals surface area (Å²) in [6, 6.07) is 9.03. The summed E-state index contributed by atoms with van der Waals surface area (Å²) in [6.45, 7) is 4.59. The van der Waals surface area contributed by atoms with E-state index in [4.69, 9.17) is 9.15 Å². The van der Waals surface area contributed by atoms with Gasteiger partial charge in [0.25, 0.3) is 5.91 Å². The smallest absolute Gasteiger partial charge is 0.287 e. The number of nitrogens with one attached hydrogen (secondary N) is 1. The van der Waals surface area contributed by atoms with Crippen LogP contribution < -0.4 is 10.1 Å². The molecular formula is C24H30FN3O4. The van der Waals surface area contributed by atoms with Crippen LogP contribution in [0, 0.1) is 11.7 Å². The first-order chi connectivity index (χ1) is 15.6. The van der Waals surface area contributed by atoms with Gasteiger partial charge in [-0.2, -0.15) is 0 Å². The maximum absolute atomic E-state index is 12.9. The minimum atomic E-state index is -0.325. The van der Waals surface area contributed by atoms with Crippen molar-refractivity contribution in [1.29, 1.82) is 0 Å². The van der Waals surface area contributed by atoms with E-state index in [0.717, 1.165) is 45.6 Å². The minimum absolute atomic E-state index is 0.156. The van der Waals surface area contributed by atoms with Crippen molar-refractivity contribution in [3.63, 3.8) is 0 Å². The van der Waals surface area contributed by atoms with Gasteiger partial charge in [-0.25, -0.2) is 4.39 Å². The van der Waals surface area contributed by atoms with Crippen molar-refractivity contribution in [2.45, 2.75) is 32.3 Å². The second-order valence-corrected chi connectivity index (χ2v) is 8.41. The second-order valence-electron chi connectivity index (χ2n) is 8.41. The molecule has 1 aromatic carbocycles. The maximum atomic E-state index is 12.9. The Morgan fingerprint density at radius 1 is 1.03 bits per heavy atom. The van der Waals surface area contributed by atoms with Gasteiger partial charge < -0.3 is 19.4 Å². The molecule has 0 unspecified atom stereocenters. The van der Waals surface area contributed by atoms with E-state index in [9.17, 15) is 14.0 Å². The van der Waals surface area contributed by atoms with Gasteiger partial charge in [-0.1, -0.05) is 12.8 Å².